The molecule has 0 saturated heterocycles. The summed E-state index contributed by atoms with van der Waals surface area (Å²) in [5.41, 5.74) is 1.13. The molecule has 0 fully saturated rings. The van der Waals surface area contributed by atoms with E-state index < -0.39 is 0 Å². The van der Waals surface area contributed by atoms with Crippen molar-refractivity contribution in [2.45, 2.75) is 20.8 Å². The summed E-state index contributed by atoms with van der Waals surface area (Å²) < 4.78 is 5.74. The Morgan fingerprint density at radius 2 is 1.85 bits per heavy atom. The van der Waals surface area contributed by atoms with E-state index in [-0.39, 0.29) is 5.91 Å². The molecule has 0 N–H and O–H groups in total. The van der Waals surface area contributed by atoms with Gasteiger partial charge >= 0.3 is 0 Å². The smallest absolute Gasteiger partial charge is 0.236 e. The van der Waals surface area contributed by atoms with Crippen LogP contribution in [-0.2, 0) is 4.79 Å². The van der Waals surface area contributed by atoms with Crippen molar-refractivity contribution in [2.24, 2.45) is 0 Å². The third-order valence-corrected chi connectivity index (χ3v) is 3.35. The molecule has 0 saturated carbocycles. The summed E-state index contributed by atoms with van der Waals surface area (Å²) in [6.07, 6.45) is 0. The van der Waals surface area contributed by atoms with E-state index >= 15 is 0 Å². The van der Waals surface area contributed by atoms with E-state index in [9.17, 15) is 4.79 Å². The monoisotopic (exact) mass is 278 g/mol. The van der Waals surface area contributed by atoms with Crippen molar-refractivity contribution >= 4 is 5.91 Å². The van der Waals surface area contributed by atoms with Gasteiger partial charge in [-0.25, -0.2) is 0 Å². The van der Waals surface area contributed by atoms with E-state index in [1.165, 1.54) is 0 Å². The average Bonchev–Trinajstić information content (AvgIpc) is 2.42. The number of para-hydroxylation sites is 1. The second-order valence-electron chi connectivity index (χ2n) is 4.92. The predicted octanol–water partition coefficient (Wildman–Crippen LogP) is 2.17. The molecule has 0 spiro atoms. The van der Waals surface area contributed by atoms with E-state index in [1.807, 2.05) is 61.9 Å². The first-order chi connectivity index (χ1) is 9.58. The lowest BCUT2D eigenvalue weighted by Crippen LogP contribution is -2.39. The van der Waals surface area contributed by atoms with Crippen molar-refractivity contribution < 1.29 is 9.53 Å². The second kappa shape index (κ2) is 8.59. The van der Waals surface area contributed by atoms with E-state index in [0.29, 0.717) is 13.2 Å². The molecule has 0 aliphatic heterocycles. The molecule has 4 heteroatoms. The SMILES string of the molecule is CCN(CC)C(=O)CN(C)CCOc1ccccc1C. The normalized spacial score (nSPS) is 10.7. The van der Waals surface area contributed by atoms with Crippen LogP contribution in [0.25, 0.3) is 0 Å². The van der Waals surface area contributed by atoms with Crippen LogP contribution in [0.3, 0.4) is 0 Å². The number of ether oxygens (including phenoxy) is 1. The van der Waals surface area contributed by atoms with Gasteiger partial charge in [-0.2, -0.15) is 0 Å². The highest BCUT2D eigenvalue weighted by molar-refractivity contribution is 5.78. The Labute approximate surface area is 122 Å². The van der Waals surface area contributed by atoms with Gasteiger partial charge in [0, 0.05) is 19.6 Å². The Morgan fingerprint density at radius 3 is 2.45 bits per heavy atom. The molecular weight excluding hydrogens is 252 g/mol. The van der Waals surface area contributed by atoms with Gasteiger partial charge in [-0.05, 0) is 39.4 Å². The number of hydrogen-bond acceptors (Lipinski definition) is 3. The summed E-state index contributed by atoms with van der Waals surface area (Å²) in [4.78, 5) is 15.8. The van der Waals surface area contributed by atoms with Gasteiger partial charge in [0.15, 0.2) is 0 Å². The average molecular weight is 278 g/mol. The molecule has 0 aliphatic rings. The van der Waals surface area contributed by atoms with Crippen LogP contribution in [-0.4, -0.2) is 55.5 Å². The molecule has 1 aromatic rings. The summed E-state index contributed by atoms with van der Waals surface area (Å²) in [7, 11) is 1.95. The van der Waals surface area contributed by atoms with Crippen LogP contribution >= 0.6 is 0 Å². The van der Waals surface area contributed by atoms with Gasteiger partial charge in [-0.15, -0.1) is 0 Å². The van der Waals surface area contributed by atoms with E-state index in [4.69, 9.17) is 4.74 Å². The van der Waals surface area contributed by atoms with Crippen molar-refractivity contribution in [1.29, 1.82) is 0 Å². The molecular formula is C16H26N2O2. The summed E-state index contributed by atoms with van der Waals surface area (Å²) in [5.74, 6) is 1.09. The number of carbonyl (C=O) groups is 1. The number of nitrogens with zero attached hydrogens (tertiary/aromatic N) is 2. The van der Waals surface area contributed by atoms with E-state index in [1.54, 1.807) is 0 Å². The predicted molar refractivity (Wildman–Crippen MR) is 82.1 cm³/mol. The van der Waals surface area contributed by atoms with Crippen LogP contribution in [0.15, 0.2) is 24.3 Å². The maximum Gasteiger partial charge on any atom is 0.236 e. The quantitative estimate of drug-likeness (QED) is 0.730. The van der Waals surface area contributed by atoms with E-state index in [2.05, 4.69) is 0 Å². The van der Waals surface area contributed by atoms with Crippen LogP contribution in [0.4, 0.5) is 0 Å². The molecule has 0 bridgehead atoms. The molecule has 0 atom stereocenters. The fourth-order valence-corrected chi connectivity index (χ4v) is 2.02. The summed E-state index contributed by atoms with van der Waals surface area (Å²) in [6.45, 7) is 9.34. The number of amides is 1. The van der Waals surface area contributed by atoms with Crippen LogP contribution in [0.2, 0.25) is 0 Å². The Morgan fingerprint density at radius 1 is 1.20 bits per heavy atom. The lowest BCUT2D eigenvalue weighted by molar-refractivity contribution is -0.131. The molecule has 4 nitrogen and oxygen atoms in total. The maximum atomic E-state index is 11.9. The first-order valence-electron chi connectivity index (χ1n) is 7.23. The van der Waals surface area contributed by atoms with Gasteiger partial charge in [0.2, 0.25) is 5.91 Å². The lowest BCUT2D eigenvalue weighted by atomic mass is 10.2. The molecule has 0 radical (unpaired) electrons. The highest BCUT2D eigenvalue weighted by Crippen LogP contribution is 2.15. The second-order valence-corrected chi connectivity index (χ2v) is 4.92. The Kier molecular flexibility index (Phi) is 7.09. The van der Waals surface area contributed by atoms with Crippen molar-refractivity contribution in [1.82, 2.24) is 9.80 Å². The van der Waals surface area contributed by atoms with Crippen molar-refractivity contribution in [2.75, 3.05) is 39.8 Å². The number of aryl methyl sites for hydroxylation is 1. The Balaban J connectivity index is 2.32. The number of hydrogen-bond donors (Lipinski definition) is 0. The molecule has 1 rings (SSSR count). The lowest BCUT2D eigenvalue weighted by Gasteiger charge is -2.23. The van der Waals surface area contributed by atoms with Crippen molar-refractivity contribution in [3.05, 3.63) is 29.8 Å². The fraction of sp³-hybridized carbons (Fsp3) is 0.562. The maximum absolute atomic E-state index is 11.9. The summed E-state index contributed by atoms with van der Waals surface area (Å²) in [6, 6.07) is 7.96. The first kappa shape index (κ1) is 16.5. The van der Waals surface area contributed by atoms with Gasteiger partial charge < -0.3 is 9.64 Å². The zero-order valence-electron chi connectivity index (χ0n) is 13.1. The van der Waals surface area contributed by atoms with Crippen LogP contribution in [0.5, 0.6) is 5.75 Å². The number of likely N-dealkylation sites (N-methyl/N-ethyl adjacent to an activating group) is 2. The van der Waals surface area contributed by atoms with E-state index in [0.717, 1.165) is 30.9 Å². The standard InChI is InChI=1S/C16H26N2O2/c1-5-18(6-2)16(19)13-17(4)11-12-20-15-10-8-7-9-14(15)3/h7-10H,5-6,11-13H2,1-4H3. The molecule has 0 aromatic heterocycles. The largest absolute Gasteiger partial charge is 0.492 e. The van der Waals surface area contributed by atoms with Gasteiger partial charge in [0.25, 0.3) is 0 Å². The van der Waals surface area contributed by atoms with Gasteiger partial charge in [-0.3, -0.25) is 9.69 Å². The fourth-order valence-electron chi connectivity index (χ4n) is 2.02. The molecule has 20 heavy (non-hydrogen) atoms. The Hall–Kier alpha value is -1.55. The number of benzene rings is 1. The molecule has 0 aliphatic carbocycles. The summed E-state index contributed by atoms with van der Waals surface area (Å²) in [5, 5.41) is 0. The third-order valence-electron chi connectivity index (χ3n) is 3.35. The van der Waals surface area contributed by atoms with Gasteiger partial charge in [-0.1, -0.05) is 18.2 Å². The molecule has 1 amide bonds. The van der Waals surface area contributed by atoms with Crippen LogP contribution in [0.1, 0.15) is 19.4 Å². The number of carbonyl (C=O) groups excluding carboxylic acids is 1. The minimum Gasteiger partial charge on any atom is -0.492 e. The highest BCUT2D eigenvalue weighted by Gasteiger charge is 2.12. The minimum absolute atomic E-state index is 0.174. The molecule has 0 heterocycles. The van der Waals surface area contributed by atoms with Gasteiger partial charge in [0.05, 0.1) is 6.54 Å². The zero-order chi connectivity index (χ0) is 15.0. The Bertz CT molecular complexity index is 417. The summed E-state index contributed by atoms with van der Waals surface area (Å²) >= 11 is 0. The molecule has 112 valence electrons. The van der Waals surface area contributed by atoms with Gasteiger partial charge in [0.1, 0.15) is 12.4 Å². The van der Waals surface area contributed by atoms with Crippen molar-refractivity contribution in [3.63, 3.8) is 0 Å². The van der Waals surface area contributed by atoms with Crippen LogP contribution < -0.4 is 4.74 Å². The molecule has 0 unspecified atom stereocenters. The zero-order valence-corrected chi connectivity index (χ0v) is 13.1. The minimum atomic E-state index is 0.174. The topological polar surface area (TPSA) is 32.8 Å². The number of rotatable bonds is 8. The van der Waals surface area contributed by atoms with Crippen LogP contribution in [0, 0.1) is 6.92 Å². The highest BCUT2D eigenvalue weighted by atomic mass is 16.5. The molecule has 1 aromatic carbocycles. The van der Waals surface area contributed by atoms with Crippen molar-refractivity contribution in [3.8, 4) is 5.75 Å². The third kappa shape index (κ3) is 5.21. The first-order valence-corrected chi connectivity index (χ1v) is 7.23.